The molecule has 5 heteroatoms. The molecule has 1 saturated heterocycles. The number of nitrogens with one attached hydrogen (secondary N) is 2. The molecule has 2 aliphatic rings. The minimum absolute atomic E-state index is 0. The van der Waals surface area contributed by atoms with E-state index in [0.717, 1.165) is 44.3 Å². The zero-order valence-corrected chi connectivity index (χ0v) is 12.9. The van der Waals surface area contributed by atoms with E-state index in [-0.39, 0.29) is 29.8 Å². The normalized spacial score (nSPS) is 23.6. The van der Waals surface area contributed by atoms with Gasteiger partial charge in [-0.1, -0.05) is 23.7 Å². The van der Waals surface area contributed by atoms with Crippen molar-refractivity contribution < 1.29 is 4.79 Å². The van der Waals surface area contributed by atoms with Crippen LogP contribution in [0.4, 0.5) is 0 Å². The van der Waals surface area contributed by atoms with E-state index in [4.69, 9.17) is 11.6 Å². The van der Waals surface area contributed by atoms with Crippen LogP contribution in [-0.4, -0.2) is 25.0 Å². The SMILES string of the molecule is Cl.O=C(NC1CCCNC1)C1(c2cccc(Cl)c2)CC1. The number of hydrogen-bond donors (Lipinski definition) is 2. The molecular weight excluding hydrogens is 295 g/mol. The van der Waals surface area contributed by atoms with Gasteiger partial charge in [0.05, 0.1) is 5.41 Å². The molecule has 2 fully saturated rings. The number of amides is 1. The lowest BCUT2D eigenvalue weighted by Gasteiger charge is -2.26. The lowest BCUT2D eigenvalue weighted by molar-refractivity contribution is -0.124. The summed E-state index contributed by atoms with van der Waals surface area (Å²) in [4.78, 5) is 12.5. The maximum Gasteiger partial charge on any atom is 0.230 e. The van der Waals surface area contributed by atoms with Crippen molar-refractivity contribution in [3.05, 3.63) is 34.9 Å². The van der Waals surface area contributed by atoms with E-state index in [1.165, 1.54) is 0 Å². The smallest absolute Gasteiger partial charge is 0.230 e. The monoisotopic (exact) mass is 314 g/mol. The van der Waals surface area contributed by atoms with Gasteiger partial charge in [-0.2, -0.15) is 0 Å². The van der Waals surface area contributed by atoms with Gasteiger partial charge in [-0.25, -0.2) is 0 Å². The predicted octanol–water partition coefficient (Wildman–Crippen LogP) is 2.66. The Kier molecular flexibility index (Phi) is 4.95. The third kappa shape index (κ3) is 3.11. The third-order valence-electron chi connectivity index (χ3n) is 4.19. The van der Waals surface area contributed by atoms with Crippen LogP contribution in [0.2, 0.25) is 5.02 Å². The molecule has 3 nitrogen and oxygen atoms in total. The van der Waals surface area contributed by atoms with E-state index < -0.39 is 0 Å². The summed E-state index contributed by atoms with van der Waals surface area (Å²) in [5, 5.41) is 7.22. The fourth-order valence-corrected chi connectivity index (χ4v) is 3.05. The van der Waals surface area contributed by atoms with Crippen LogP contribution < -0.4 is 10.6 Å². The van der Waals surface area contributed by atoms with Gasteiger partial charge >= 0.3 is 0 Å². The Morgan fingerprint density at radius 3 is 2.80 bits per heavy atom. The van der Waals surface area contributed by atoms with Crippen molar-refractivity contribution in [2.75, 3.05) is 13.1 Å². The molecule has 1 unspecified atom stereocenters. The fourth-order valence-electron chi connectivity index (χ4n) is 2.86. The van der Waals surface area contributed by atoms with Gasteiger partial charge in [0.25, 0.3) is 0 Å². The summed E-state index contributed by atoms with van der Waals surface area (Å²) in [6, 6.07) is 7.99. The number of hydrogen-bond acceptors (Lipinski definition) is 2. The van der Waals surface area contributed by atoms with Gasteiger partial charge in [-0.15, -0.1) is 12.4 Å². The van der Waals surface area contributed by atoms with E-state index in [1.807, 2.05) is 24.3 Å². The minimum atomic E-state index is -0.317. The minimum Gasteiger partial charge on any atom is -0.351 e. The van der Waals surface area contributed by atoms with Crippen molar-refractivity contribution in [2.45, 2.75) is 37.1 Å². The van der Waals surface area contributed by atoms with Crippen LogP contribution in [0.25, 0.3) is 0 Å². The van der Waals surface area contributed by atoms with Crippen LogP contribution in [0.1, 0.15) is 31.2 Å². The predicted molar refractivity (Wildman–Crippen MR) is 83.6 cm³/mol. The third-order valence-corrected chi connectivity index (χ3v) is 4.43. The average molecular weight is 315 g/mol. The molecule has 1 saturated carbocycles. The highest BCUT2D eigenvalue weighted by molar-refractivity contribution is 6.30. The Labute approximate surface area is 130 Å². The first-order valence-electron chi connectivity index (χ1n) is 6.98. The molecule has 1 aromatic rings. The summed E-state index contributed by atoms with van der Waals surface area (Å²) in [5.41, 5.74) is 0.740. The quantitative estimate of drug-likeness (QED) is 0.900. The molecule has 0 bridgehead atoms. The average Bonchev–Trinajstić information content (AvgIpc) is 3.21. The Bertz CT molecular complexity index is 483. The summed E-state index contributed by atoms with van der Waals surface area (Å²) in [5.74, 6) is 0.170. The van der Waals surface area contributed by atoms with Crippen LogP contribution in [-0.2, 0) is 10.2 Å². The van der Waals surface area contributed by atoms with E-state index in [9.17, 15) is 4.79 Å². The molecule has 0 aromatic heterocycles. The topological polar surface area (TPSA) is 41.1 Å². The van der Waals surface area contributed by atoms with Gasteiger partial charge < -0.3 is 10.6 Å². The summed E-state index contributed by atoms with van der Waals surface area (Å²) in [7, 11) is 0. The fraction of sp³-hybridized carbons (Fsp3) is 0.533. The van der Waals surface area contributed by atoms with E-state index in [2.05, 4.69) is 10.6 Å². The van der Waals surface area contributed by atoms with Crippen LogP contribution in [0.5, 0.6) is 0 Å². The highest BCUT2D eigenvalue weighted by atomic mass is 35.5. The summed E-state index contributed by atoms with van der Waals surface area (Å²) < 4.78 is 0. The molecule has 1 atom stereocenters. The van der Waals surface area contributed by atoms with Crippen LogP contribution in [0.15, 0.2) is 24.3 Å². The molecule has 1 aliphatic heterocycles. The molecule has 3 rings (SSSR count). The van der Waals surface area contributed by atoms with Gasteiger partial charge in [0.2, 0.25) is 5.91 Å². The number of benzene rings is 1. The maximum atomic E-state index is 12.5. The maximum absolute atomic E-state index is 12.5. The van der Waals surface area contributed by atoms with E-state index in [1.54, 1.807) is 0 Å². The number of carbonyl (C=O) groups is 1. The molecule has 1 aromatic carbocycles. The lowest BCUT2D eigenvalue weighted by atomic mass is 9.94. The standard InChI is InChI=1S/C15H19ClN2O.ClH/c16-12-4-1-3-11(9-12)15(6-7-15)14(19)18-13-5-2-8-17-10-13;/h1,3-4,9,13,17H,2,5-8,10H2,(H,18,19);1H. The zero-order chi connectivity index (χ0) is 13.3. The van der Waals surface area contributed by atoms with Gasteiger partial charge in [0.15, 0.2) is 0 Å². The van der Waals surface area contributed by atoms with E-state index >= 15 is 0 Å². The first-order valence-corrected chi connectivity index (χ1v) is 7.36. The van der Waals surface area contributed by atoms with Crippen molar-refractivity contribution >= 4 is 29.9 Å². The van der Waals surface area contributed by atoms with Gasteiger partial charge in [0.1, 0.15) is 0 Å². The summed E-state index contributed by atoms with van der Waals surface area (Å²) in [6.07, 6.45) is 4.07. The second-order valence-corrected chi connectivity index (χ2v) is 6.05. The first-order chi connectivity index (χ1) is 9.21. The van der Waals surface area contributed by atoms with Crippen molar-refractivity contribution in [1.29, 1.82) is 0 Å². The van der Waals surface area contributed by atoms with Crippen LogP contribution in [0, 0.1) is 0 Å². The van der Waals surface area contributed by atoms with Crippen molar-refractivity contribution in [2.24, 2.45) is 0 Å². The van der Waals surface area contributed by atoms with Crippen molar-refractivity contribution in [1.82, 2.24) is 10.6 Å². The molecule has 0 radical (unpaired) electrons. The molecule has 110 valence electrons. The highest BCUT2D eigenvalue weighted by Gasteiger charge is 2.51. The first kappa shape index (κ1) is 15.6. The molecule has 1 heterocycles. The second kappa shape index (κ2) is 6.33. The van der Waals surface area contributed by atoms with Gasteiger partial charge in [-0.05, 0) is 49.9 Å². The Balaban J connectivity index is 0.00000147. The molecule has 1 aliphatic carbocycles. The zero-order valence-electron chi connectivity index (χ0n) is 11.3. The molecule has 0 spiro atoms. The summed E-state index contributed by atoms with van der Waals surface area (Å²) >= 11 is 6.03. The molecule has 2 N–H and O–H groups in total. The number of carbonyl (C=O) groups excluding carboxylic acids is 1. The van der Waals surface area contributed by atoms with Gasteiger partial charge in [-0.3, -0.25) is 4.79 Å². The number of halogens is 2. The van der Waals surface area contributed by atoms with Crippen molar-refractivity contribution in [3.8, 4) is 0 Å². The largest absolute Gasteiger partial charge is 0.351 e. The number of piperidine rings is 1. The van der Waals surface area contributed by atoms with Gasteiger partial charge in [0, 0.05) is 17.6 Å². The molecule has 20 heavy (non-hydrogen) atoms. The van der Waals surface area contributed by atoms with Crippen LogP contribution in [0.3, 0.4) is 0 Å². The van der Waals surface area contributed by atoms with Crippen LogP contribution >= 0.6 is 24.0 Å². The van der Waals surface area contributed by atoms with Crippen molar-refractivity contribution in [3.63, 3.8) is 0 Å². The molecular formula is C15H20Cl2N2O. The highest BCUT2D eigenvalue weighted by Crippen LogP contribution is 2.48. The Morgan fingerprint density at radius 1 is 1.40 bits per heavy atom. The lowest BCUT2D eigenvalue weighted by Crippen LogP contribution is -2.48. The summed E-state index contributed by atoms with van der Waals surface area (Å²) in [6.45, 7) is 1.95. The molecule has 1 amide bonds. The Hall–Kier alpha value is -0.770. The number of rotatable bonds is 3. The Morgan fingerprint density at radius 2 is 2.20 bits per heavy atom. The second-order valence-electron chi connectivity index (χ2n) is 5.61. The van der Waals surface area contributed by atoms with E-state index in [0.29, 0.717) is 5.02 Å².